The van der Waals surface area contributed by atoms with Gasteiger partial charge in [0.2, 0.25) is 0 Å². The number of hydrogen-bond acceptors (Lipinski definition) is 3. The number of aromatic hydroxyl groups is 1. The summed E-state index contributed by atoms with van der Waals surface area (Å²) in [6, 6.07) is 11.8. The maximum absolute atomic E-state index is 9.68. The highest BCUT2D eigenvalue weighted by Gasteiger charge is 2.24. The third-order valence-corrected chi connectivity index (χ3v) is 5.19. The van der Waals surface area contributed by atoms with Crippen LogP contribution in [0.25, 0.3) is 22.2 Å². The van der Waals surface area contributed by atoms with Gasteiger partial charge in [0.25, 0.3) is 0 Å². The van der Waals surface area contributed by atoms with Gasteiger partial charge in [-0.05, 0) is 42.0 Å². The molecule has 1 aliphatic rings. The second kappa shape index (κ2) is 4.46. The molecule has 2 aromatic carbocycles. The summed E-state index contributed by atoms with van der Waals surface area (Å²) in [7, 11) is 3.80. The van der Waals surface area contributed by atoms with Crippen molar-refractivity contribution < 1.29 is 9.84 Å². The van der Waals surface area contributed by atoms with Crippen LogP contribution in [0.4, 0.5) is 0 Å². The molecule has 0 fully saturated rings. The first kappa shape index (κ1) is 12.7. The number of nitrogens with zero attached hydrogens (tertiary/aromatic N) is 1. The molecule has 21 heavy (non-hydrogen) atoms. The van der Waals surface area contributed by atoms with Crippen LogP contribution in [0.2, 0.25) is 0 Å². The predicted molar refractivity (Wildman–Crippen MR) is 86.1 cm³/mol. The Kier molecular flexibility index (Phi) is 2.69. The number of hydrogen-bond donors (Lipinski definition) is 1. The number of aryl methyl sites for hydroxylation is 1. The number of phenols is 1. The van der Waals surface area contributed by atoms with Crippen LogP contribution in [0.1, 0.15) is 5.56 Å². The summed E-state index contributed by atoms with van der Waals surface area (Å²) in [5.41, 5.74) is 4.99. The Balaban J connectivity index is 2.06. The van der Waals surface area contributed by atoms with Crippen molar-refractivity contribution >= 4 is 22.7 Å². The highest BCUT2D eigenvalue weighted by Crippen LogP contribution is 2.46. The van der Waals surface area contributed by atoms with Gasteiger partial charge in [-0.25, -0.2) is 0 Å². The largest absolute Gasteiger partial charge is 0.508 e. The Hall–Kier alpha value is -2.07. The van der Waals surface area contributed by atoms with E-state index in [0.717, 1.165) is 16.4 Å². The van der Waals surface area contributed by atoms with Gasteiger partial charge in [0.15, 0.2) is 0 Å². The molecule has 0 unspecified atom stereocenters. The van der Waals surface area contributed by atoms with Crippen molar-refractivity contribution in [3.8, 4) is 22.8 Å². The van der Waals surface area contributed by atoms with E-state index in [2.05, 4.69) is 23.7 Å². The Morgan fingerprint density at radius 2 is 2.05 bits per heavy atom. The third kappa shape index (κ3) is 1.75. The molecule has 1 aromatic heterocycles. The van der Waals surface area contributed by atoms with Gasteiger partial charge in [0, 0.05) is 34.2 Å². The molecule has 0 saturated carbocycles. The van der Waals surface area contributed by atoms with E-state index in [9.17, 15) is 5.11 Å². The van der Waals surface area contributed by atoms with E-state index < -0.39 is 0 Å². The van der Waals surface area contributed by atoms with Gasteiger partial charge < -0.3 is 14.4 Å². The molecule has 4 rings (SSSR count). The van der Waals surface area contributed by atoms with Crippen molar-refractivity contribution in [2.45, 2.75) is 10.6 Å². The van der Waals surface area contributed by atoms with Gasteiger partial charge in [-0.3, -0.25) is 0 Å². The van der Waals surface area contributed by atoms with Gasteiger partial charge in [-0.2, -0.15) is 0 Å². The molecule has 3 aromatic rings. The van der Waals surface area contributed by atoms with E-state index >= 15 is 0 Å². The second-order valence-electron chi connectivity index (χ2n) is 5.24. The number of thioether (sulfide) groups is 1. The van der Waals surface area contributed by atoms with Crippen LogP contribution in [0.5, 0.6) is 11.5 Å². The highest BCUT2D eigenvalue weighted by atomic mass is 32.2. The van der Waals surface area contributed by atoms with Crippen molar-refractivity contribution in [2.75, 3.05) is 7.11 Å². The fourth-order valence-electron chi connectivity index (χ4n) is 3.09. The number of aromatic nitrogens is 1. The first-order valence-electron chi connectivity index (χ1n) is 6.80. The molecule has 1 N–H and O–H groups in total. The van der Waals surface area contributed by atoms with Crippen LogP contribution < -0.4 is 4.74 Å². The van der Waals surface area contributed by atoms with Gasteiger partial charge in [0.05, 0.1) is 12.8 Å². The summed E-state index contributed by atoms with van der Waals surface area (Å²) < 4.78 is 7.59. The van der Waals surface area contributed by atoms with E-state index in [-0.39, 0.29) is 0 Å². The second-order valence-corrected chi connectivity index (χ2v) is 6.26. The summed E-state index contributed by atoms with van der Waals surface area (Å²) in [5.74, 6) is 2.12. The molecule has 0 spiro atoms. The van der Waals surface area contributed by atoms with Gasteiger partial charge >= 0.3 is 0 Å². The standard InChI is InChI=1S/C17H15NO2S/c1-18-15-6-4-11(20-2)8-13(15)14-9-21-16-7-10(19)3-5-12(16)17(14)18/h3-8,19H,9H2,1-2H3. The summed E-state index contributed by atoms with van der Waals surface area (Å²) in [5, 5.41) is 10.9. The Labute approximate surface area is 127 Å². The number of ether oxygens (including phenoxy) is 1. The molecule has 0 radical (unpaired) electrons. The zero-order chi connectivity index (χ0) is 14.6. The molecule has 2 heterocycles. The van der Waals surface area contributed by atoms with Crippen molar-refractivity contribution in [1.82, 2.24) is 4.57 Å². The molecule has 0 saturated heterocycles. The number of methoxy groups -OCH3 is 1. The topological polar surface area (TPSA) is 34.4 Å². The monoisotopic (exact) mass is 297 g/mol. The third-order valence-electron chi connectivity index (χ3n) is 4.10. The van der Waals surface area contributed by atoms with E-state index in [1.807, 2.05) is 18.2 Å². The average Bonchev–Trinajstić information content (AvgIpc) is 2.79. The molecule has 106 valence electrons. The lowest BCUT2D eigenvalue weighted by molar-refractivity contribution is 0.415. The number of phenolic OH excluding ortho intramolecular Hbond substituents is 1. The van der Waals surface area contributed by atoms with E-state index in [1.54, 1.807) is 24.9 Å². The number of rotatable bonds is 1. The lowest BCUT2D eigenvalue weighted by Gasteiger charge is -2.18. The van der Waals surface area contributed by atoms with Crippen molar-refractivity contribution in [3.63, 3.8) is 0 Å². The molecule has 0 amide bonds. The molecule has 0 atom stereocenters. The first-order chi connectivity index (χ1) is 10.2. The van der Waals surface area contributed by atoms with E-state index in [0.29, 0.717) is 5.75 Å². The lowest BCUT2D eigenvalue weighted by Crippen LogP contribution is -1.99. The predicted octanol–water partition coefficient (Wildman–Crippen LogP) is 4.17. The highest BCUT2D eigenvalue weighted by molar-refractivity contribution is 7.98. The van der Waals surface area contributed by atoms with Gasteiger partial charge in [0.1, 0.15) is 11.5 Å². The Morgan fingerprint density at radius 3 is 2.86 bits per heavy atom. The van der Waals surface area contributed by atoms with Crippen LogP contribution >= 0.6 is 11.8 Å². The zero-order valence-electron chi connectivity index (χ0n) is 11.9. The fraction of sp³-hybridized carbons (Fsp3) is 0.176. The molecule has 3 nitrogen and oxygen atoms in total. The van der Waals surface area contributed by atoms with Crippen LogP contribution in [-0.4, -0.2) is 16.8 Å². The molecule has 4 heteroatoms. The Bertz CT molecular complexity index is 867. The summed E-state index contributed by atoms with van der Waals surface area (Å²) in [6.45, 7) is 0. The molecule has 1 aliphatic heterocycles. The van der Waals surface area contributed by atoms with Crippen LogP contribution in [0.15, 0.2) is 41.3 Å². The van der Waals surface area contributed by atoms with Crippen molar-refractivity contribution in [3.05, 3.63) is 42.0 Å². The molecule has 0 aliphatic carbocycles. The molecular formula is C17H15NO2S. The van der Waals surface area contributed by atoms with Crippen molar-refractivity contribution in [1.29, 1.82) is 0 Å². The fourth-order valence-corrected chi connectivity index (χ4v) is 4.21. The molecule has 0 bridgehead atoms. The van der Waals surface area contributed by atoms with Gasteiger partial charge in [-0.15, -0.1) is 11.8 Å². The lowest BCUT2D eigenvalue weighted by atomic mass is 10.1. The summed E-state index contributed by atoms with van der Waals surface area (Å²) >= 11 is 1.77. The summed E-state index contributed by atoms with van der Waals surface area (Å²) in [6.07, 6.45) is 0. The van der Waals surface area contributed by atoms with E-state index in [4.69, 9.17) is 4.74 Å². The smallest absolute Gasteiger partial charge is 0.119 e. The Morgan fingerprint density at radius 1 is 1.19 bits per heavy atom. The number of fused-ring (bicyclic) bond motifs is 5. The first-order valence-corrected chi connectivity index (χ1v) is 7.79. The van der Waals surface area contributed by atoms with Gasteiger partial charge in [-0.1, -0.05) is 0 Å². The van der Waals surface area contributed by atoms with Crippen LogP contribution in [0.3, 0.4) is 0 Å². The minimum atomic E-state index is 0.324. The SMILES string of the molecule is COc1ccc2c(c1)c1c(n2C)-c2ccc(O)cc2SC1. The van der Waals surface area contributed by atoms with E-state index in [1.165, 1.54) is 27.7 Å². The van der Waals surface area contributed by atoms with Crippen LogP contribution in [-0.2, 0) is 12.8 Å². The molecular weight excluding hydrogens is 282 g/mol. The maximum atomic E-state index is 9.68. The van der Waals surface area contributed by atoms with Crippen molar-refractivity contribution in [2.24, 2.45) is 7.05 Å². The zero-order valence-corrected chi connectivity index (χ0v) is 12.7. The minimum absolute atomic E-state index is 0.324. The quantitative estimate of drug-likeness (QED) is 0.732. The maximum Gasteiger partial charge on any atom is 0.119 e. The average molecular weight is 297 g/mol. The minimum Gasteiger partial charge on any atom is -0.508 e. The normalized spacial score (nSPS) is 13.0. The summed E-state index contributed by atoms with van der Waals surface area (Å²) in [4.78, 5) is 1.14. The number of benzene rings is 2. The van der Waals surface area contributed by atoms with Crippen LogP contribution in [0, 0.1) is 0 Å².